The Labute approximate surface area is 88.4 Å². The number of aliphatic hydroxyl groups excluding tert-OH is 1. The van der Waals surface area contributed by atoms with Gasteiger partial charge in [-0.15, -0.1) is 0 Å². The first-order chi connectivity index (χ1) is 6.97. The normalized spacial score (nSPS) is 11.3. The number of hydrogen-bond acceptors (Lipinski definition) is 4. The molecule has 0 fully saturated rings. The maximum absolute atomic E-state index is 11.0. The van der Waals surface area contributed by atoms with Gasteiger partial charge in [0, 0.05) is 18.2 Å². The van der Waals surface area contributed by atoms with E-state index in [1.807, 2.05) is 0 Å². The average molecular weight is 213 g/mol. The molecule has 0 saturated carbocycles. The highest BCUT2D eigenvalue weighted by molar-refractivity contribution is 5.92. The molecule has 0 radical (unpaired) electrons. The average Bonchev–Trinajstić information content (AvgIpc) is 2.21. The van der Waals surface area contributed by atoms with E-state index in [2.05, 4.69) is 23.2 Å². The molecule has 1 unspecified atom stereocenters. The second-order valence-corrected chi connectivity index (χ2v) is 2.98. The Morgan fingerprint density at radius 2 is 2.20 bits per heavy atom. The van der Waals surface area contributed by atoms with Crippen LogP contribution in [-0.2, 0) is 14.3 Å². The van der Waals surface area contributed by atoms with Gasteiger partial charge in [-0.1, -0.05) is 13.2 Å². The third kappa shape index (κ3) is 6.45. The molecule has 5 heteroatoms. The smallest absolute Gasteiger partial charge is 0.330 e. The molecule has 0 aromatic heterocycles. The van der Waals surface area contributed by atoms with Crippen LogP contribution in [0.15, 0.2) is 24.8 Å². The van der Waals surface area contributed by atoms with Crippen molar-refractivity contribution >= 4 is 11.9 Å². The summed E-state index contributed by atoms with van der Waals surface area (Å²) in [5.41, 5.74) is 0.352. The first-order valence-corrected chi connectivity index (χ1v) is 4.38. The lowest BCUT2D eigenvalue weighted by atomic mass is 10.3. The lowest BCUT2D eigenvalue weighted by Crippen LogP contribution is -2.35. The van der Waals surface area contributed by atoms with Crippen LogP contribution in [0.2, 0.25) is 0 Å². The summed E-state index contributed by atoms with van der Waals surface area (Å²) in [6.45, 7) is 8.01. The predicted molar refractivity (Wildman–Crippen MR) is 55.0 cm³/mol. The number of amides is 1. The zero-order chi connectivity index (χ0) is 11.8. The summed E-state index contributed by atoms with van der Waals surface area (Å²) in [4.78, 5) is 21.6. The van der Waals surface area contributed by atoms with Crippen LogP contribution >= 0.6 is 0 Å². The van der Waals surface area contributed by atoms with Gasteiger partial charge in [-0.3, -0.25) is 4.79 Å². The van der Waals surface area contributed by atoms with Crippen LogP contribution in [0.4, 0.5) is 0 Å². The maximum atomic E-state index is 11.0. The fourth-order valence-electron chi connectivity index (χ4n) is 0.658. The molecule has 0 rings (SSSR count). The number of ether oxygens (including phenoxy) is 1. The predicted octanol–water partition coefficient (Wildman–Crippen LogP) is -0.231. The number of carbonyl (C=O) groups excluding carboxylic acids is 2. The summed E-state index contributed by atoms with van der Waals surface area (Å²) in [6, 6.07) is 0. The van der Waals surface area contributed by atoms with E-state index in [-0.39, 0.29) is 19.1 Å². The third-order valence-electron chi connectivity index (χ3n) is 1.47. The molecule has 0 bridgehead atoms. The van der Waals surface area contributed by atoms with Gasteiger partial charge in [-0.25, -0.2) is 4.79 Å². The van der Waals surface area contributed by atoms with Gasteiger partial charge in [0.2, 0.25) is 5.91 Å². The van der Waals surface area contributed by atoms with E-state index in [0.717, 1.165) is 6.08 Å². The van der Waals surface area contributed by atoms with Crippen molar-refractivity contribution in [3.63, 3.8) is 0 Å². The van der Waals surface area contributed by atoms with Crippen LogP contribution in [0.1, 0.15) is 6.92 Å². The van der Waals surface area contributed by atoms with Gasteiger partial charge in [0.25, 0.3) is 0 Å². The number of esters is 1. The van der Waals surface area contributed by atoms with Gasteiger partial charge >= 0.3 is 5.97 Å². The van der Waals surface area contributed by atoms with Crippen molar-refractivity contribution in [3.8, 4) is 0 Å². The van der Waals surface area contributed by atoms with Crippen molar-refractivity contribution in [1.82, 2.24) is 5.32 Å². The first kappa shape index (κ1) is 13.4. The van der Waals surface area contributed by atoms with Crippen molar-refractivity contribution in [1.29, 1.82) is 0 Å². The fourth-order valence-corrected chi connectivity index (χ4v) is 0.658. The Bertz CT molecular complexity index is 273. The first-order valence-electron chi connectivity index (χ1n) is 4.38. The molecule has 1 amide bonds. The summed E-state index contributed by atoms with van der Waals surface area (Å²) in [6.07, 6.45) is 0.0660. The largest absolute Gasteiger partial charge is 0.460 e. The van der Waals surface area contributed by atoms with E-state index in [1.54, 1.807) is 6.92 Å². The highest BCUT2D eigenvalue weighted by Crippen LogP contribution is 1.89. The number of nitrogens with one attached hydrogen (secondary N) is 1. The Kier molecular flexibility index (Phi) is 6.05. The number of rotatable bonds is 6. The highest BCUT2D eigenvalue weighted by atomic mass is 16.5. The molecule has 0 aliphatic rings. The minimum atomic E-state index is -0.933. The molecule has 0 aliphatic carbocycles. The molecule has 15 heavy (non-hydrogen) atoms. The van der Waals surface area contributed by atoms with Crippen molar-refractivity contribution in [2.45, 2.75) is 13.0 Å². The standard InChI is InChI=1S/C10H15NO4/c1-4-9(13)15-6-8(12)5-11-10(14)7(2)3/h4,8,12H,1-2,5-6H2,3H3,(H,11,14). The van der Waals surface area contributed by atoms with Gasteiger partial charge in [-0.05, 0) is 6.92 Å². The van der Waals surface area contributed by atoms with Crippen LogP contribution in [0.5, 0.6) is 0 Å². The van der Waals surface area contributed by atoms with Crippen LogP contribution in [-0.4, -0.2) is 36.2 Å². The molecule has 2 N–H and O–H groups in total. The molecule has 0 aromatic carbocycles. The second kappa shape index (κ2) is 6.78. The van der Waals surface area contributed by atoms with E-state index in [0.29, 0.717) is 5.57 Å². The molecule has 0 aliphatic heterocycles. The van der Waals surface area contributed by atoms with Crippen LogP contribution in [0.25, 0.3) is 0 Å². The van der Waals surface area contributed by atoms with Crippen LogP contribution in [0.3, 0.4) is 0 Å². The van der Waals surface area contributed by atoms with E-state index in [4.69, 9.17) is 0 Å². The molecule has 0 saturated heterocycles. The van der Waals surface area contributed by atoms with E-state index in [1.165, 1.54) is 0 Å². The monoisotopic (exact) mass is 213 g/mol. The van der Waals surface area contributed by atoms with E-state index >= 15 is 0 Å². The van der Waals surface area contributed by atoms with Crippen molar-refractivity contribution < 1.29 is 19.4 Å². The van der Waals surface area contributed by atoms with E-state index < -0.39 is 12.1 Å². The minimum absolute atomic E-state index is 0.0100. The van der Waals surface area contributed by atoms with Gasteiger partial charge in [-0.2, -0.15) is 0 Å². The molecule has 0 aromatic rings. The summed E-state index contributed by atoms with van der Waals surface area (Å²) < 4.78 is 4.57. The third-order valence-corrected chi connectivity index (χ3v) is 1.47. The molecule has 1 atom stereocenters. The second-order valence-electron chi connectivity index (χ2n) is 2.98. The molecular weight excluding hydrogens is 198 g/mol. The highest BCUT2D eigenvalue weighted by Gasteiger charge is 2.08. The molecule has 84 valence electrons. The van der Waals surface area contributed by atoms with Crippen LogP contribution < -0.4 is 5.32 Å². The maximum Gasteiger partial charge on any atom is 0.330 e. The summed E-state index contributed by atoms with van der Waals surface area (Å²) in [5, 5.41) is 11.7. The molecular formula is C10H15NO4. The Morgan fingerprint density at radius 3 is 2.67 bits per heavy atom. The summed E-state index contributed by atoms with van der Waals surface area (Å²) in [5.74, 6) is -0.954. The van der Waals surface area contributed by atoms with E-state index in [9.17, 15) is 14.7 Å². The number of aliphatic hydroxyl groups is 1. The fraction of sp³-hybridized carbons (Fsp3) is 0.400. The zero-order valence-electron chi connectivity index (χ0n) is 8.66. The van der Waals surface area contributed by atoms with Crippen molar-refractivity contribution in [2.75, 3.05) is 13.2 Å². The minimum Gasteiger partial charge on any atom is -0.460 e. The summed E-state index contributed by atoms with van der Waals surface area (Å²) >= 11 is 0. The topological polar surface area (TPSA) is 75.6 Å². The SMILES string of the molecule is C=CC(=O)OCC(O)CNC(=O)C(=C)C. The number of carbonyl (C=O) groups is 2. The molecule has 5 nitrogen and oxygen atoms in total. The quantitative estimate of drug-likeness (QED) is 0.472. The van der Waals surface area contributed by atoms with Gasteiger partial charge in [0.05, 0.1) is 0 Å². The van der Waals surface area contributed by atoms with Gasteiger partial charge < -0.3 is 15.2 Å². The Morgan fingerprint density at radius 1 is 1.60 bits per heavy atom. The van der Waals surface area contributed by atoms with Gasteiger partial charge in [0.15, 0.2) is 0 Å². The van der Waals surface area contributed by atoms with Crippen molar-refractivity contribution in [2.24, 2.45) is 0 Å². The van der Waals surface area contributed by atoms with Crippen LogP contribution in [0, 0.1) is 0 Å². The lowest BCUT2D eigenvalue weighted by molar-refractivity contribution is -0.140. The lowest BCUT2D eigenvalue weighted by Gasteiger charge is -2.11. The van der Waals surface area contributed by atoms with Gasteiger partial charge in [0.1, 0.15) is 12.7 Å². The van der Waals surface area contributed by atoms with Crippen molar-refractivity contribution in [3.05, 3.63) is 24.8 Å². The molecule has 0 heterocycles. The Hall–Kier alpha value is -1.62. The number of hydrogen-bond donors (Lipinski definition) is 2. The summed E-state index contributed by atoms with van der Waals surface area (Å²) in [7, 11) is 0. The molecule has 0 spiro atoms. The zero-order valence-corrected chi connectivity index (χ0v) is 8.66. The Balaban J connectivity index is 3.70.